The Morgan fingerprint density at radius 3 is 2.79 bits per heavy atom. The van der Waals surface area contributed by atoms with Crippen LogP contribution >= 0.6 is 11.3 Å². The fraction of sp³-hybridized carbons (Fsp3) is 0.684. The van der Waals surface area contributed by atoms with E-state index in [1.54, 1.807) is 0 Å². The Kier molecular flexibility index (Phi) is 4.83. The first-order chi connectivity index (χ1) is 11.7. The lowest BCUT2D eigenvalue weighted by atomic mass is 9.88. The van der Waals surface area contributed by atoms with Crippen molar-refractivity contribution >= 4 is 21.6 Å². The highest BCUT2D eigenvalue weighted by molar-refractivity contribution is 7.18. The standard InChI is InChI=1S/C19H27N3OS/c1-13-20-17(11-22-9-5-8-15(22)12-23)16-10-18(24-19(16)21-13)14-6-3-2-4-7-14/h10,14-15,23H,2-9,11-12H2,1H3/t15-/m1/s1. The molecule has 130 valence electrons. The van der Waals surface area contributed by atoms with E-state index in [-0.39, 0.29) is 6.61 Å². The number of aryl methyl sites for hydroxylation is 1. The highest BCUT2D eigenvalue weighted by Gasteiger charge is 2.26. The summed E-state index contributed by atoms with van der Waals surface area (Å²) in [4.78, 5) is 14.5. The van der Waals surface area contributed by atoms with Crippen LogP contribution in [0, 0.1) is 6.92 Å². The fourth-order valence-electron chi connectivity index (χ4n) is 4.33. The average molecular weight is 346 g/mol. The predicted molar refractivity (Wildman–Crippen MR) is 98.5 cm³/mol. The highest BCUT2D eigenvalue weighted by atomic mass is 32.1. The lowest BCUT2D eigenvalue weighted by Crippen LogP contribution is -2.32. The molecule has 0 amide bonds. The van der Waals surface area contributed by atoms with Gasteiger partial charge in [-0.05, 0) is 51.1 Å². The van der Waals surface area contributed by atoms with Gasteiger partial charge in [0.15, 0.2) is 0 Å². The maximum atomic E-state index is 9.58. The number of hydrogen-bond acceptors (Lipinski definition) is 5. The van der Waals surface area contributed by atoms with E-state index in [2.05, 4.69) is 11.0 Å². The summed E-state index contributed by atoms with van der Waals surface area (Å²) in [6.45, 7) is 4.15. The van der Waals surface area contributed by atoms with Gasteiger partial charge in [-0.2, -0.15) is 0 Å². The summed E-state index contributed by atoms with van der Waals surface area (Å²) < 4.78 is 0. The van der Waals surface area contributed by atoms with E-state index in [4.69, 9.17) is 9.97 Å². The van der Waals surface area contributed by atoms with Crippen molar-refractivity contribution in [3.63, 3.8) is 0 Å². The first-order valence-electron chi connectivity index (χ1n) is 9.36. The summed E-state index contributed by atoms with van der Waals surface area (Å²) >= 11 is 1.88. The molecular weight excluding hydrogens is 318 g/mol. The molecule has 0 bridgehead atoms. The van der Waals surface area contributed by atoms with Gasteiger partial charge in [-0.3, -0.25) is 4.90 Å². The smallest absolute Gasteiger partial charge is 0.127 e. The van der Waals surface area contributed by atoms with Gasteiger partial charge in [0.25, 0.3) is 0 Å². The SMILES string of the molecule is Cc1nc(CN2CCC[C@@H]2CO)c2cc(C3CCCCC3)sc2n1. The van der Waals surface area contributed by atoms with Crippen LogP contribution < -0.4 is 0 Å². The molecule has 1 saturated heterocycles. The van der Waals surface area contributed by atoms with E-state index >= 15 is 0 Å². The summed E-state index contributed by atoms with van der Waals surface area (Å²) in [6.07, 6.45) is 9.05. The summed E-state index contributed by atoms with van der Waals surface area (Å²) in [5.74, 6) is 1.59. The van der Waals surface area contributed by atoms with E-state index < -0.39 is 0 Å². The van der Waals surface area contributed by atoms with Gasteiger partial charge in [0.1, 0.15) is 10.7 Å². The van der Waals surface area contributed by atoms with E-state index in [1.165, 1.54) is 48.8 Å². The first-order valence-corrected chi connectivity index (χ1v) is 10.2. The summed E-state index contributed by atoms with van der Waals surface area (Å²) in [7, 11) is 0. The number of thiophene rings is 1. The Labute approximate surface area is 147 Å². The van der Waals surface area contributed by atoms with Crippen molar-refractivity contribution in [1.82, 2.24) is 14.9 Å². The Bertz CT molecular complexity index is 708. The molecule has 2 aromatic rings. The van der Waals surface area contributed by atoms with Crippen LogP contribution in [0.4, 0.5) is 0 Å². The molecule has 2 fully saturated rings. The zero-order valence-corrected chi connectivity index (χ0v) is 15.3. The molecule has 1 N–H and O–H groups in total. The topological polar surface area (TPSA) is 49.2 Å². The van der Waals surface area contributed by atoms with Crippen LogP contribution in [-0.2, 0) is 6.54 Å². The molecule has 4 rings (SSSR count). The van der Waals surface area contributed by atoms with Crippen molar-refractivity contribution in [3.8, 4) is 0 Å². The molecule has 0 unspecified atom stereocenters. The molecule has 2 aromatic heterocycles. The molecule has 3 heterocycles. The number of nitrogens with zero attached hydrogens (tertiary/aromatic N) is 3. The van der Waals surface area contributed by atoms with Crippen molar-refractivity contribution < 1.29 is 5.11 Å². The Balaban J connectivity index is 1.65. The van der Waals surface area contributed by atoms with E-state index in [0.29, 0.717) is 6.04 Å². The van der Waals surface area contributed by atoms with E-state index in [9.17, 15) is 5.11 Å². The molecule has 1 atom stereocenters. The number of fused-ring (bicyclic) bond motifs is 1. The monoisotopic (exact) mass is 345 g/mol. The second kappa shape index (κ2) is 7.06. The molecule has 2 aliphatic rings. The molecule has 5 heteroatoms. The van der Waals surface area contributed by atoms with Gasteiger partial charge < -0.3 is 5.11 Å². The summed E-state index contributed by atoms with van der Waals surface area (Å²) in [5, 5.41) is 10.8. The zero-order chi connectivity index (χ0) is 16.5. The van der Waals surface area contributed by atoms with Crippen molar-refractivity contribution in [2.75, 3.05) is 13.2 Å². The highest BCUT2D eigenvalue weighted by Crippen LogP contribution is 2.39. The molecule has 0 spiro atoms. The molecule has 0 radical (unpaired) electrons. The van der Waals surface area contributed by atoms with Crippen molar-refractivity contribution in [2.45, 2.75) is 70.4 Å². The normalized spacial score (nSPS) is 23.3. The number of aliphatic hydroxyl groups excluding tert-OH is 1. The quantitative estimate of drug-likeness (QED) is 0.910. The molecule has 0 aromatic carbocycles. The lowest BCUT2D eigenvalue weighted by molar-refractivity contribution is 0.153. The number of hydrogen-bond donors (Lipinski definition) is 1. The van der Waals surface area contributed by atoms with Gasteiger partial charge >= 0.3 is 0 Å². The third-order valence-corrected chi connectivity index (χ3v) is 6.86. The van der Waals surface area contributed by atoms with Crippen LogP contribution in [0.2, 0.25) is 0 Å². The van der Waals surface area contributed by atoms with Crippen molar-refractivity contribution in [1.29, 1.82) is 0 Å². The van der Waals surface area contributed by atoms with Crippen molar-refractivity contribution in [2.24, 2.45) is 0 Å². The van der Waals surface area contributed by atoms with E-state index in [1.807, 2.05) is 18.3 Å². The maximum absolute atomic E-state index is 9.58. The molecule has 1 aliphatic heterocycles. The molecule has 24 heavy (non-hydrogen) atoms. The Morgan fingerprint density at radius 2 is 2.00 bits per heavy atom. The third kappa shape index (κ3) is 3.22. The zero-order valence-electron chi connectivity index (χ0n) is 14.5. The predicted octanol–water partition coefficient (Wildman–Crippen LogP) is 4.00. The third-order valence-electron chi connectivity index (χ3n) is 5.67. The number of rotatable bonds is 4. The van der Waals surface area contributed by atoms with Gasteiger partial charge in [0, 0.05) is 22.8 Å². The minimum Gasteiger partial charge on any atom is -0.395 e. The van der Waals surface area contributed by atoms with Gasteiger partial charge in [-0.15, -0.1) is 11.3 Å². The minimum absolute atomic E-state index is 0.254. The van der Waals surface area contributed by atoms with E-state index in [0.717, 1.165) is 41.8 Å². The number of aliphatic hydroxyl groups is 1. The average Bonchev–Trinajstić information content (AvgIpc) is 3.22. The van der Waals surface area contributed by atoms with Gasteiger partial charge in [0.2, 0.25) is 0 Å². The van der Waals surface area contributed by atoms with Gasteiger partial charge in [0.05, 0.1) is 12.3 Å². The Morgan fingerprint density at radius 1 is 1.17 bits per heavy atom. The molecule has 1 saturated carbocycles. The van der Waals surface area contributed by atoms with Gasteiger partial charge in [-0.1, -0.05) is 19.3 Å². The summed E-state index contributed by atoms with van der Waals surface area (Å²) in [6, 6.07) is 2.67. The Hall–Kier alpha value is -1.04. The maximum Gasteiger partial charge on any atom is 0.127 e. The van der Waals surface area contributed by atoms with Gasteiger partial charge in [-0.25, -0.2) is 9.97 Å². The number of aromatic nitrogens is 2. The van der Waals surface area contributed by atoms with Crippen LogP contribution in [0.3, 0.4) is 0 Å². The second-order valence-corrected chi connectivity index (χ2v) is 8.43. The summed E-state index contributed by atoms with van der Waals surface area (Å²) in [5.41, 5.74) is 1.15. The largest absolute Gasteiger partial charge is 0.395 e. The van der Waals surface area contributed by atoms with Crippen LogP contribution in [0.25, 0.3) is 10.2 Å². The van der Waals surface area contributed by atoms with Crippen LogP contribution in [0.1, 0.15) is 67.3 Å². The lowest BCUT2D eigenvalue weighted by Gasteiger charge is -2.22. The van der Waals surface area contributed by atoms with Crippen LogP contribution in [0.5, 0.6) is 0 Å². The molecule has 4 nitrogen and oxygen atoms in total. The molecule has 1 aliphatic carbocycles. The molecular formula is C19H27N3OS. The van der Waals surface area contributed by atoms with Crippen LogP contribution in [-0.4, -0.2) is 39.2 Å². The van der Waals surface area contributed by atoms with Crippen molar-refractivity contribution in [3.05, 3.63) is 22.5 Å². The number of likely N-dealkylation sites (tertiary alicyclic amines) is 1. The first kappa shape index (κ1) is 16.4. The fourth-order valence-corrected chi connectivity index (χ4v) is 5.60. The second-order valence-electron chi connectivity index (χ2n) is 7.37. The minimum atomic E-state index is 0.254. The van der Waals surface area contributed by atoms with Crippen LogP contribution in [0.15, 0.2) is 6.07 Å².